The second-order valence-corrected chi connectivity index (χ2v) is 8.48. The summed E-state index contributed by atoms with van der Waals surface area (Å²) in [6, 6.07) is 21.3. The third kappa shape index (κ3) is 3.70. The molecule has 0 bridgehead atoms. The highest BCUT2D eigenvalue weighted by atomic mass is 32.5. The van der Waals surface area contributed by atoms with Crippen LogP contribution in [-0.4, -0.2) is 17.3 Å². The van der Waals surface area contributed by atoms with Gasteiger partial charge in [0.05, 0.1) is 0 Å². The summed E-state index contributed by atoms with van der Waals surface area (Å²) in [4.78, 5) is 0. The Labute approximate surface area is 99.0 Å². The van der Waals surface area contributed by atoms with Crippen molar-refractivity contribution in [3.05, 3.63) is 60.7 Å². The molecule has 0 aliphatic heterocycles. The van der Waals surface area contributed by atoms with Crippen molar-refractivity contribution in [3.8, 4) is 0 Å². The molecular weight excluding hydrogens is 232 g/mol. The Bertz CT molecular complexity index is 349. The SMILES string of the molecule is c1ccc([Si]S[Si]c2ccccc2)cc1. The lowest BCUT2D eigenvalue weighted by atomic mass is 10.4. The molecule has 2 aromatic rings. The zero-order valence-corrected chi connectivity index (χ0v) is 11.0. The molecule has 3 heteroatoms. The van der Waals surface area contributed by atoms with E-state index >= 15 is 0 Å². The van der Waals surface area contributed by atoms with Crippen LogP contribution in [0.15, 0.2) is 60.7 Å². The highest BCUT2D eigenvalue weighted by Gasteiger charge is 1.97. The van der Waals surface area contributed by atoms with Gasteiger partial charge < -0.3 is 0 Å². The second-order valence-electron chi connectivity index (χ2n) is 3.04. The van der Waals surface area contributed by atoms with Gasteiger partial charge >= 0.3 is 0 Å². The number of rotatable bonds is 4. The molecule has 0 aliphatic carbocycles. The molecule has 72 valence electrons. The summed E-state index contributed by atoms with van der Waals surface area (Å²) >= 11 is 0. The predicted octanol–water partition coefficient (Wildman–Crippen LogP) is 1.61. The Morgan fingerprint density at radius 3 is 1.40 bits per heavy atom. The van der Waals surface area contributed by atoms with E-state index in [1.807, 2.05) is 10.7 Å². The van der Waals surface area contributed by atoms with Gasteiger partial charge in [0.2, 0.25) is 0 Å². The van der Waals surface area contributed by atoms with Gasteiger partial charge in [-0.3, -0.25) is 0 Å². The van der Waals surface area contributed by atoms with Crippen molar-refractivity contribution >= 4 is 38.4 Å². The van der Waals surface area contributed by atoms with Crippen LogP contribution in [0, 0.1) is 0 Å². The van der Waals surface area contributed by atoms with E-state index < -0.39 is 0 Å². The Morgan fingerprint density at radius 1 is 0.600 bits per heavy atom. The predicted molar refractivity (Wildman–Crippen MR) is 71.3 cm³/mol. The maximum atomic E-state index is 2.20. The van der Waals surface area contributed by atoms with Crippen molar-refractivity contribution in [2.75, 3.05) is 0 Å². The highest BCUT2D eigenvalue weighted by molar-refractivity contribution is 8.42. The van der Waals surface area contributed by atoms with Crippen LogP contribution < -0.4 is 10.4 Å². The molecule has 0 N–H and O–H groups in total. The minimum atomic E-state index is 0.859. The van der Waals surface area contributed by atoms with E-state index in [0.717, 1.165) is 17.3 Å². The summed E-state index contributed by atoms with van der Waals surface area (Å²) in [5.41, 5.74) is 0. The van der Waals surface area contributed by atoms with Crippen molar-refractivity contribution < 1.29 is 0 Å². The molecule has 0 saturated carbocycles. The Balaban J connectivity index is 1.81. The smallest absolute Gasteiger partial charge is 0.153 e. The number of hydrogen-bond donors (Lipinski definition) is 0. The fourth-order valence-corrected chi connectivity index (χ4v) is 6.36. The van der Waals surface area contributed by atoms with Crippen molar-refractivity contribution in [2.45, 2.75) is 0 Å². The maximum Gasteiger partial charge on any atom is 0.153 e. The normalized spacial score (nSPS) is 10.1. The van der Waals surface area contributed by atoms with E-state index in [9.17, 15) is 0 Å². The van der Waals surface area contributed by atoms with Gasteiger partial charge in [0.15, 0.2) is 17.3 Å². The van der Waals surface area contributed by atoms with Gasteiger partial charge in [0.1, 0.15) is 0 Å². The third-order valence-corrected chi connectivity index (χ3v) is 7.09. The fourth-order valence-electron chi connectivity index (χ4n) is 1.16. The molecule has 2 rings (SSSR count). The van der Waals surface area contributed by atoms with E-state index in [-0.39, 0.29) is 0 Å². The second kappa shape index (κ2) is 5.95. The van der Waals surface area contributed by atoms with Crippen molar-refractivity contribution in [3.63, 3.8) is 0 Å². The molecule has 0 aliphatic rings. The molecule has 0 amide bonds. The van der Waals surface area contributed by atoms with Gasteiger partial charge in [-0.1, -0.05) is 71.0 Å². The van der Waals surface area contributed by atoms with Gasteiger partial charge in [-0.05, 0) is 0 Å². The van der Waals surface area contributed by atoms with Crippen LogP contribution in [0.4, 0.5) is 0 Å². The van der Waals surface area contributed by atoms with Crippen LogP contribution >= 0.6 is 10.7 Å². The van der Waals surface area contributed by atoms with Gasteiger partial charge in [0.25, 0.3) is 0 Å². The molecule has 15 heavy (non-hydrogen) atoms. The standard InChI is InChI=1S/C12H10SSi2/c1-3-7-11(8-4-1)14-13-15-12-9-5-2-6-10-12/h1-10H. The first-order valence-corrected chi connectivity index (χ1v) is 9.00. The number of hydrogen-bond acceptors (Lipinski definition) is 1. The highest BCUT2D eigenvalue weighted by Crippen LogP contribution is 1.95. The molecule has 0 heterocycles. The molecule has 0 saturated heterocycles. The first kappa shape index (κ1) is 10.7. The van der Waals surface area contributed by atoms with Crippen molar-refractivity contribution in [1.29, 1.82) is 0 Å². The quantitative estimate of drug-likeness (QED) is 0.734. The molecule has 0 unspecified atom stereocenters. The van der Waals surface area contributed by atoms with E-state index in [1.165, 1.54) is 10.4 Å². The topological polar surface area (TPSA) is 0 Å². The van der Waals surface area contributed by atoms with Gasteiger partial charge in [0, 0.05) is 0 Å². The lowest BCUT2D eigenvalue weighted by Gasteiger charge is -1.99. The zero-order chi connectivity index (χ0) is 10.3. The largest absolute Gasteiger partial charge is 0.201 e. The summed E-state index contributed by atoms with van der Waals surface area (Å²) in [7, 11) is 3.73. The minimum absolute atomic E-state index is 0.859. The molecule has 2 aromatic carbocycles. The summed E-state index contributed by atoms with van der Waals surface area (Å²) in [6.07, 6.45) is 0. The molecular formula is C12H10SSi2. The van der Waals surface area contributed by atoms with E-state index in [1.54, 1.807) is 0 Å². The number of benzene rings is 2. The van der Waals surface area contributed by atoms with Crippen LogP contribution in [0.3, 0.4) is 0 Å². The van der Waals surface area contributed by atoms with Gasteiger partial charge in [-0.15, -0.1) is 0 Å². The third-order valence-electron chi connectivity index (χ3n) is 1.89. The first-order valence-electron chi connectivity index (χ1n) is 4.73. The van der Waals surface area contributed by atoms with Crippen LogP contribution in [0.25, 0.3) is 0 Å². The molecule has 0 spiro atoms. The average Bonchev–Trinajstić information content (AvgIpc) is 2.32. The van der Waals surface area contributed by atoms with E-state index in [0.29, 0.717) is 0 Å². The first-order chi connectivity index (χ1) is 7.45. The molecule has 0 fully saturated rings. The minimum Gasteiger partial charge on any atom is -0.201 e. The molecule has 4 radical (unpaired) electrons. The van der Waals surface area contributed by atoms with Crippen LogP contribution in [-0.2, 0) is 0 Å². The zero-order valence-electron chi connectivity index (χ0n) is 8.18. The van der Waals surface area contributed by atoms with Crippen molar-refractivity contribution in [2.24, 2.45) is 0 Å². The molecule has 0 nitrogen and oxygen atoms in total. The Hall–Kier alpha value is -0.776. The summed E-state index contributed by atoms with van der Waals surface area (Å²) in [5, 5.41) is 2.87. The Morgan fingerprint density at radius 2 is 1.00 bits per heavy atom. The fraction of sp³-hybridized carbons (Fsp3) is 0. The lowest BCUT2D eigenvalue weighted by Crippen LogP contribution is -2.16. The van der Waals surface area contributed by atoms with Gasteiger partial charge in [-0.2, -0.15) is 0 Å². The monoisotopic (exact) mass is 242 g/mol. The van der Waals surface area contributed by atoms with Crippen LogP contribution in [0.5, 0.6) is 0 Å². The summed E-state index contributed by atoms with van der Waals surface area (Å²) < 4.78 is 0. The average molecular weight is 242 g/mol. The van der Waals surface area contributed by atoms with Gasteiger partial charge in [-0.25, -0.2) is 10.7 Å². The molecule has 0 atom stereocenters. The van der Waals surface area contributed by atoms with Crippen LogP contribution in [0.2, 0.25) is 0 Å². The molecule has 0 aromatic heterocycles. The summed E-state index contributed by atoms with van der Waals surface area (Å²) in [6.45, 7) is 0. The van der Waals surface area contributed by atoms with Crippen molar-refractivity contribution in [1.82, 2.24) is 0 Å². The maximum absolute atomic E-state index is 2.20. The summed E-state index contributed by atoms with van der Waals surface area (Å²) in [5.74, 6) is 0. The van der Waals surface area contributed by atoms with Crippen LogP contribution in [0.1, 0.15) is 0 Å². The Kier molecular flexibility index (Phi) is 4.26. The van der Waals surface area contributed by atoms with E-state index in [4.69, 9.17) is 0 Å². The lowest BCUT2D eigenvalue weighted by molar-refractivity contribution is 1.77. The van der Waals surface area contributed by atoms with E-state index in [2.05, 4.69) is 60.7 Å².